The maximum absolute atomic E-state index is 11.4. The van der Waals surface area contributed by atoms with Crippen LogP contribution in [0.5, 0.6) is 0 Å². The first kappa shape index (κ1) is 14.5. The van der Waals surface area contributed by atoms with Crippen molar-refractivity contribution in [3.05, 3.63) is 35.4 Å². The fourth-order valence-corrected chi connectivity index (χ4v) is 1.34. The topological polar surface area (TPSA) is 91.2 Å². The smallest absolute Gasteiger partial charge is 0.338 e. The normalized spacial score (nSPS) is 9.26. The molecule has 0 saturated carbocycles. The average Bonchev–Trinajstić information content (AvgIpc) is 2.43. The Balaban J connectivity index is 2.46. The van der Waals surface area contributed by atoms with Gasteiger partial charge in [-0.2, -0.15) is 5.26 Å². The molecule has 0 saturated heterocycles. The van der Waals surface area contributed by atoms with Gasteiger partial charge in [0.15, 0.2) is 0 Å². The van der Waals surface area contributed by atoms with E-state index in [1.807, 2.05) is 0 Å². The molecule has 1 rings (SSSR count). The van der Waals surface area contributed by atoms with Crippen molar-refractivity contribution >= 4 is 12.0 Å². The van der Waals surface area contributed by atoms with E-state index in [9.17, 15) is 9.59 Å². The zero-order valence-electron chi connectivity index (χ0n) is 10.6. The summed E-state index contributed by atoms with van der Waals surface area (Å²) in [6.07, 6.45) is 0. The summed E-state index contributed by atoms with van der Waals surface area (Å²) in [4.78, 5) is 22.6. The van der Waals surface area contributed by atoms with Gasteiger partial charge in [-0.3, -0.25) is 0 Å². The molecule has 0 aliphatic heterocycles. The molecule has 1 aromatic rings. The molecule has 0 fully saturated rings. The molecule has 0 heterocycles. The highest BCUT2D eigenvalue weighted by atomic mass is 16.5. The fraction of sp³-hybridized carbons (Fsp3) is 0.308. The second kappa shape index (κ2) is 7.71. The average molecular weight is 261 g/mol. The number of nitrogens with zero attached hydrogens (tertiary/aromatic N) is 1. The number of carbonyl (C=O) groups excluding carboxylic acids is 2. The van der Waals surface area contributed by atoms with E-state index in [0.29, 0.717) is 18.7 Å². The van der Waals surface area contributed by atoms with Crippen LogP contribution in [0.1, 0.15) is 22.8 Å². The summed E-state index contributed by atoms with van der Waals surface area (Å²) in [6.45, 7) is 2.37. The maximum Gasteiger partial charge on any atom is 0.338 e. The molecule has 2 amide bonds. The number of nitrogens with one attached hydrogen (secondary N) is 2. The summed E-state index contributed by atoms with van der Waals surface area (Å²) < 4.78 is 4.86. The molecular weight excluding hydrogens is 246 g/mol. The molecule has 6 heteroatoms. The Labute approximate surface area is 111 Å². The van der Waals surface area contributed by atoms with Crippen LogP contribution in [0.3, 0.4) is 0 Å². The van der Waals surface area contributed by atoms with E-state index >= 15 is 0 Å². The number of ether oxygens (including phenoxy) is 1. The molecule has 0 aromatic heterocycles. The van der Waals surface area contributed by atoms with Crippen molar-refractivity contribution in [1.29, 1.82) is 5.26 Å². The van der Waals surface area contributed by atoms with E-state index in [1.165, 1.54) is 0 Å². The Bertz CT molecular complexity index is 477. The first-order valence-corrected chi connectivity index (χ1v) is 5.82. The summed E-state index contributed by atoms with van der Waals surface area (Å²) in [6, 6.07) is 8.15. The van der Waals surface area contributed by atoms with Gasteiger partial charge in [-0.25, -0.2) is 9.59 Å². The minimum atomic E-state index is -0.406. The van der Waals surface area contributed by atoms with E-state index in [2.05, 4.69) is 10.6 Å². The van der Waals surface area contributed by atoms with Crippen LogP contribution >= 0.6 is 0 Å². The Hall–Kier alpha value is -2.55. The van der Waals surface area contributed by atoms with Crippen molar-refractivity contribution in [1.82, 2.24) is 10.6 Å². The molecular formula is C13H15N3O3. The van der Waals surface area contributed by atoms with Crippen molar-refractivity contribution in [2.24, 2.45) is 0 Å². The largest absolute Gasteiger partial charge is 0.462 e. The maximum atomic E-state index is 11.4. The monoisotopic (exact) mass is 261 g/mol. The van der Waals surface area contributed by atoms with Crippen LogP contribution in [0.25, 0.3) is 0 Å². The number of esters is 1. The molecule has 0 bridgehead atoms. The Kier molecular flexibility index (Phi) is 5.89. The zero-order chi connectivity index (χ0) is 14.1. The third-order valence-electron chi connectivity index (χ3n) is 2.25. The SMILES string of the molecule is CCOC(=O)c1ccc(CNC(=O)NCC#N)cc1. The summed E-state index contributed by atoms with van der Waals surface area (Å²) in [7, 11) is 0. The van der Waals surface area contributed by atoms with Crippen LogP contribution in [-0.2, 0) is 11.3 Å². The van der Waals surface area contributed by atoms with E-state index in [0.717, 1.165) is 5.56 Å². The molecule has 0 radical (unpaired) electrons. The van der Waals surface area contributed by atoms with Crippen LogP contribution in [0.4, 0.5) is 4.79 Å². The van der Waals surface area contributed by atoms with Gasteiger partial charge in [0.05, 0.1) is 18.2 Å². The Morgan fingerprint density at radius 3 is 2.53 bits per heavy atom. The van der Waals surface area contributed by atoms with Gasteiger partial charge in [0.2, 0.25) is 0 Å². The second-order valence-corrected chi connectivity index (χ2v) is 3.61. The Morgan fingerprint density at radius 1 is 1.26 bits per heavy atom. The van der Waals surface area contributed by atoms with Gasteiger partial charge < -0.3 is 15.4 Å². The van der Waals surface area contributed by atoms with Gasteiger partial charge in [0.1, 0.15) is 6.54 Å². The van der Waals surface area contributed by atoms with Crippen molar-refractivity contribution in [3.63, 3.8) is 0 Å². The van der Waals surface area contributed by atoms with Gasteiger partial charge in [0.25, 0.3) is 0 Å². The molecule has 0 unspecified atom stereocenters. The fourth-order valence-electron chi connectivity index (χ4n) is 1.34. The summed E-state index contributed by atoms with van der Waals surface area (Å²) >= 11 is 0. The van der Waals surface area contributed by atoms with Crippen molar-refractivity contribution in [2.75, 3.05) is 13.2 Å². The molecule has 100 valence electrons. The number of amides is 2. The number of carbonyl (C=O) groups is 2. The summed E-state index contributed by atoms with van der Waals surface area (Å²) in [5, 5.41) is 13.2. The molecule has 0 aliphatic carbocycles. The molecule has 6 nitrogen and oxygen atoms in total. The van der Waals surface area contributed by atoms with Crippen molar-refractivity contribution in [3.8, 4) is 6.07 Å². The lowest BCUT2D eigenvalue weighted by atomic mass is 10.1. The Morgan fingerprint density at radius 2 is 1.95 bits per heavy atom. The molecule has 2 N–H and O–H groups in total. The van der Waals surface area contributed by atoms with Crippen LogP contribution in [0.15, 0.2) is 24.3 Å². The third-order valence-corrected chi connectivity index (χ3v) is 2.25. The van der Waals surface area contributed by atoms with Gasteiger partial charge in [-0.1, -0.05) is 12.1 Å². The number of urea groups is 1. The van der Waals surface area contributed by atoms with Crippen LogP contribution < -0.4 is 10.6 Å². The second-order valence-electron chi connectivity index (χ2n) is 3.61. The highest BCUT2D eigenvalue weighted by molar-refractivity contribution is 5.89. The lowest BCUT2D eigenvalue weighted by Crippen LogP contribution is -2.35. The third kappa shape index (κ3) is 5.08. The number of rotatable bonds is 5. The minimum Gasteiger partial charge on any atom is -0.462 e. The van der Waals surface area contributed by atoms with E-state index in [-0.39, 0.29) is 12.5 Å². The standard InChI is InChI=1S/C13H15N3O3/c1-2-19-12(17)11-5-3-10(4-6-11)9-16-13(18)15-8-7-14/h3-6H,2,8-9H2,1H3,(H2,15,16,18). The van der Waals surface area contributed by atoms with Gasteiger partial charge in [0, 0.05) is 6.54 Å². The zero-order valence-corrected chi connectivity index (χ0v) is 10.6. The highest BCUT2D eigenvalue weighted by Gasteiger charge is 2.05. The number of benzene rings is 1. The van der Waals surface area contributed by atoms with Gasteiger partial charge in [-0.15, -0.1) is 0 Å². The molecule has 19 heavy (non-hydrogen) atoms. The molecule has 0 atom stereocenters. The summed E-state index contributed by atoms with van der Waals surface area (Å²) in [5.74, 6) is -0.367. The molecule has 0 spiro atoms. The number of hydrogen-bond acceptors (Lipinski definition) is 4. The van der Waals surface area contributed by atoms with Crippen molar-refractivity contribution in [2.45, 2.75) is 13.5 Å². The predicted molar refractivity (Wildman–Crippen MR) is 68.2 cm³/mol. The first-order valence-electron chi connectivity index (χ1n) is 5.82. The molecule has 1 aromatic carbocycles. The van der Waals surface area contributed by atoms with Crippen LogP contribution in [0.2, 0.25) is 0 Å². The number of hydrogen-bond donors (Lipinski definition) is 2. The predicted octanol–water partition coefficient (Wildman–Crippen LogP) is 1.19. The summed E-state index contributed by atoms with van der Waals surface area (Å²) in [5.41, 5.74) is 1.32. The van der Waals surface area contributed by atoms with Crippen molar-refractivity contribution < 1.29 is 14.3 Å². The van der Waals surface area contributed by atoms with Gasteiger partial charge in [-0.05, 0) is 24.6 Å². The first-order chi connectivity index (χ1) is 9.17. The molecule has 0 aliphatic rings. The number of nitriles is 1. The van der Waals surface area contributed by atoms with Crippen LogP contribution in [-0.4, -0.2) is 25.2 Å². The highest BCUT2D eigenvalue weighted by Crippen LogP contribution is 2.05. The quantitative estimate of drug-likeness (QED) is 0.615. The van der Waals surface area contributed by atoms with Crippen LogP contribution in [0, 0.1) is 11.3 Å². The van der Waals surface area contributed by atoms with Gasteiger partial charge >= 0.3 is 12.0 Å². The van der Waals surface area contributed by atoms with E-state index in [4.69, 9.17) is 10.00 Å². The van der Waals surface area contributed by atoms with E-state index < -0.39 is 6.03 Å². The van der Waals surface area contributed by atoms with E-state index in [1.54, 1.807) is 37.3 Å². The lowest BCUT2D eigenvalue weighted by molar-refractivity contribution is 0.0526. The minimum absolute atomic E-state index is 0.0341. The lowest BCUT2D eigenvalue weighted by Gasteiger charge is -2.06.